The van der Waals surface area contributed by atoms with Crippen LogP contribution in [-0.4, -0.2) is 28.5 Å². The molecule has 174 valence electrons. The fraction of sp³-hybridized carbons (Fsp3) is 0.333. The van der Waals surface area contributed by atoms with Crippen molar-refractivity contribution in [2.45, 2.75) is 45.2 Å². The van der Waals surface area contributed by atoms with Crippen LogP contribution in [0.1, 0.15) is 40.9 Å². The maximum absolute atomic E-state index is 13.2. The van der Waals surface area contributed by atoms with Crippen LogP contribution in [0.25, 0.3) is 0 Å². The molecule has 1 aliphatic heterocycles. The van der Waals surface area contributed by atoms with Crippen LogP contribution in [0.15, 0.2) is 60.8 Å². The predicted molar refractivity (Wildman–Crippen MR) is 123 cm³/mol. The number of urea groups is 1. The number of hydrogen-bond acceptors (Lipinski definition) is 4. The Kier molecular flexibility index (Phi) is 6.60. The summed E-state index contributed by atoms with van der Waals surface area (Å²) in [5.41, 5.74) is 2.88. The minimum Gasteiger partial charge on any atom is -0.364 e. The van der Waals surface area contributed by atoms with Gasteiger partial charge in [-0.2, -0.15) is 13.2 Å². The van der Waals surface area contributed by atoms with E-state index in [1.54, 1.807) is 0 Å². The Morgan fingerprint density at radius 3 is 2.52 bits per heavy atom. The molecule has 1 aliphatic rings. The largest absolute Gasteiger partial charge is 0.443 e. The molecule has 4 rings (SSSR count). The van der Waals surface area contributed by atoms with Crippen LogP contribution >= 0.6 is 11.3 Å². The molecule has 0 fully saturated rings. The van der Waals surface area contributed by atoms with Crippen molar-refractivity contribution in [3.05, 3.63) is 81.8 Å². The van der Waals surface area contributed by atoms with Gasteiger partial charge in [-0.1, -0.05) is 48.5 Å². The van der Waals surface area contributed by atoms with Crippen molar-refractivity contribution in [1.29, 1.82) is 0 Å². The second-order valence-electron chi connectivity index (χ2n) is 8.15. The lowest BCUT2D eigenvalue weighted by molar-refractivity contribution is -0.137. The summed E-state index contributed by atoms with van der Waals surface area (Å²) in [7, 11) is 0. The van der Waals surface area contributed by atoms with Crippen molar-refractivity contribution in [2.24, 2.45) is 0 Å². The first kappa shape index (κ1) is 23.1. The number of halogens is 3. The average Bonchev–Trinajstić information content (AvgIpc) is 3.23. The van der Waals surface area contributed by atoms with E-state index in [2.05, 4.69) is 10.3 Å². The molecular weight excluding hydrogens is 449 g/mol. The van der Waals surface area contributed by atoms with Crippen molar-refractivity contribution in [3.8, 4) is 0 Å². The first-order chi connectivity index (χ1) is 15.7. The van der Waals surface area contributed by atoms with Crippen molar-refractivity contribution < 1.29 is 18.0 Å². The molecule has 0 saturated heterocycles. The van der Waals surface area contributed by atoms with E-state index in [0.29, 0.717) is 35.8 Å². The average molecular weight is 475 g/mol. The lowest BCUT2D eigenvalue weighted by Gasteiger charge is -2.33. The number of amides is 2. The van der Waals surface area contributed by atoms with Gasteiger partial charge in [-0.05, 0) is 31.0 Å². The minimum atomic E-state index is -4.45. The van der Waals surface area contributed by atoms with Gasteiger partial charge in [-0.25, -0.2) is 9.78 Å². The summed E-state index contributed by atoms with van der Waals surface area (Å²) in [4.78, 5) is 21.1. The first-order valence-corrected chi connectivity index (χ1v) is 11.5. The van der Waals surface area contributed by atoms with E-state index in [1.807, 2.05) is 78.2 Å². The monoisotopic (exact) mass is 474 g/mol. The van der Waals surface area contributed by atoms with Gasteiger partial charge in [0.05, 0.1) is 12.6 Å². The molecule has 0 aliphatic carbocycles. The number of nitrogens with one attached hydrogen (secondary N) is 1. The Balaban J connectivity index is 1.57. The molecule has 2 atom stereocenters. The van der Waals surface area contributed by atoms with E-state index in [1.165, 1.54) is 6.20 Å². The second-order valence-corrected chi connectivity index (χ2v) is 9.26. The van der Waals surface area contributed by atoms with Gasteiger partial charge in [-0.15, -0.1) is 11.3 Å². The minimum absolute atomic E-state index is 0.168. The number of hydrogen-bond donors (Lipinski definition) is 1. The standard InChI is InChI=1S/C24H25F3N4OS/c1-16-14-30(15-19-13-28-22(33-19)24(25,26)27)21-11-7-6-10-20(21)17(2)31(16)23(32)29-12-18-8-4-3-5-9-18/h3-11,13,16-17H,12,14-15H2,1-2H3,(H,29,32)/t16-,17+/m1/s1. The van der Waals surface area contributed by atoms with Crippen LogP contribution in [0, 0.1) is 0 Å². The number of carbonyl (C=O) groups excluding carboxylic acids is 1. The zero-order valence-electron chi connectivity index (χ0n) is 18.3. The Morgan fingerprint density at radius 2 is 1.82 bits per heavy atom. The maximum Gasteiger partial charge on any atom is 0.443 e. The molecule has 0 radical (unpaired) electrons. The smallest absolute Gasteiger partial charge is 0.364 e. The summed E-state index contributed by atoms with van der Waals surface area (Å²) >= 11 is 0.659. The molecule has 1 N–H and O–H groups in total. The second kappa shape index (κ2) is 9.43. The number of rotatable bonds is 4. The summed E-state index contributed by atoms with van der Waals surface area (Å²) in [5.74, 6) is 0. The van der Waals surface area contributed by atoms with Gasteiger partial charge < -0.3 is 15.1 Å². The van der Waals surface area contributed by atoms with Crippen LogP contribution in [0.2, 0.25) is 0 Å². The molecule has 0 saturated carbocycles. The third kappa shape index (κ3) is 5.13. The molecule has 0 unspecified atom stereocenters. The normalized spacial score (nSPS) is 18.6. The highest BCUT2D eigenvalue weighted by atomic mass is 32.1. The van der Waals surface area contributed by atoms with Crippen LogP contribution in [0.4, 0.5) is 23.7 Å². The number of fused-ring (bicyclic) bond motifs is 1. The van der Waals surface area contributed by atoms with E-state index in [-0.39, 0.29) is 18.1 Å². The molecular formula is C24H25F3N4OS. The third-order valence-corrected chi connectivity index (χ3v) is 6.80. The Morgan fingerprint density at radius 1 is 1.12 bits per heavy atom. The number of aromatic nitrogens is 1. The fourth-order valence-electron chi connectivity index (χ4n) is 4.26. The van der Waals surface area contributed by atoms with Gasteiger partial charge in [0.2, 0.25) is 0 Å². The van der Waals surface area contributed by atoms with Crippen molar-refractivity contribution in [2.75, 3.05) is 11.4 Å². The molecule has 1 aromatic heterocycles. The van der Waals surface area contributed by atoms with Crippen molar-refractivity contribution in [3.63, 3.8) is 0 Å². The highest BCUT2D eigenvalue weighted by Crippen LogP contribution is 2.37. The zero-order chi connectivity index (χ0) is 23.6. The first-order valence-electron chi connectivity index (χ1n) is 10.7. The summed E-state index contributed by atoms with van der Waals surface area (Å²) in [6.07, 6.45) is -3.16. The van der Waals surface area contributed by atoms with E-state index < -0.39 is 11.2 Å². The maximum atomic E-state index is 13.2. The van der Waals surface area contributed by atoms with Gasteiger partial charge in [0.1, 0.15) is 0 Å². The number of para-hydroxylation sites is 1. The molecule has 2 heterocycles. The number of carbonyl (C=O) groups is 1. The Hall–Kier alpha value is -3.07. The van der Waals surface area contributed by atoms with E-state index in [0.717, 1.165) is 16.8 Å². The van der Waals surface area contributed by atoms with Crippen LogP contribution in [0.5, 0.6) is 0 Å². The van der Waals surface area contributed by atoms with Gasteiger partial charge >= 0.3 is 12.2 Å². The lowest BCUT2D eigenvalue weighted by Crippen LogP contribution is -2.48. The van der Waals surface area contributed by atoms with Crippen LogP contribution < -0.4 is 10.2 Å². The van der Waals surface area contributed by atoms with E-state index in [4.69, 9.17) is 0 Å². The van der Waals surface area contributed by atoms with Gasteiger partial charge in [0.25, 0.3) is 0 Å². The molecule has 0 bridgehead atoms. The molecule has 5 nitrogen and oxygen atoms in total. The molecule has 33 heavy (non-hydrogen) atoms. The number of benzene rings is 2. The number of alkyl halides is 3. The molecule has 2 amide bonds. The quantitative estimate of drug-likeness (QED) is 0.517. The SMILES string of the molecule is C[C@@H]1CN(Cc2cnc(C(F)(F)F)s2)c2ccccc2[C@H](C)N1C(=O)NCc1ccccc1. The summed E-state index contributed by atoms with van der Waals surface area (Å²) in [5, 5.41) is 2.16. The van der Waals surface area contributed by atoms with Crippen LogP contribution in [-0.2, 0) is 19.3 Å². The Labute approximate surface area is 194 Å². The highest BCUT2D eigenvalue weighted by molar-refractivity contribution is 7.11. The Bertz CT molecular complexity index is 1100. The summed E-state index contributed by atoms with van der Waals surface area (Å²) < 4.78 is 39.0. The van der Waals surface area contributed by atoms with E-state index in [9.17, 15) is 18.0 Å². The number of thiazole rings is 1. The number of anilines is 1. The van der Waals surface area contributed by atoms with Crippen LogP contribution in [0.3, 0.4) is 0 Å². The number of nitrogens with zero attached hydrogens (tertiary/aromatic N) is 3. The molecule has 2 aromatic carbocycles. The molecule has 3 aromatic rings. The molecule has 9 heteroatoms. The van der Waals surface area contributed by atoms with E-state index >= 15 is 0 Å². The lowest BCUT2D eigenvalue weighted by atomic mass is 10.0. The fourth-order valence-corrected chi connectivity index (χ4v) is 5.05. The van der Waals surface area contributed by atoms with Gasteiger partial charge in [0, 0.05) is 35.9 Å². The zero-order valence-corrected chi connectivity index (χ0v) is 19.2. The van der Waals surface area contributed by atoms with Crippen molar-refractivity contribution in [1.82, 2.24) is 15.2 Å². The highest BCUT2D eigenvalue weighted by Gasteiger charge is 2.36. The predicted octanol–water partition coefficient (Wildman–Crippen LogP) is 5.84. The van der Waals surface area contributed by atoms with Gasteiger partial charge in [-0.3, -0.25) is 0 Å². The van der Waals surface area contributed by atoms with Crippen molar-refractivity contribution >= 4 is 23.1 Å². The summed E-state index contributed by atoms with van der Waals surface area (Å²) in [6, 6.07) is 16.9. The molecule has 0 spiro atoms. The third-order valence-electron chi connectivity index (χ3n) is 5.77. The topological polar surface area (TPSA) is 48.5 Å². The van der Waals surface area contributed by atoms with Gasteiger partial charge in [0.15, 0.2) is 5.01 Å². The summed E-state index contributed by atoms with van der Waals surface area (Å²) in [6.45, 7) is 5.14.